The number of allylic oxidation sites excluding steroid dienone is 2. The van der Waals surface area contributed by atoms with Crippen LogP contribution >= 0.6 is 0 Å². The summed E-state index contributed by atoms with van der Waals surface area (Å²) in [7, 11) is 0. The van der Waals surface area contributed by atoms with Crippen molar-refractivity contribution in [2.45, 2.75) is 101 Å². The van der Waals surface area contributed by atoms with Crippen LogP contribution in [0, 0.1) is 95.6 Å². The van der Waals surface area contributed by atoms with Gasteiger partial charge in [-0.05, 0) is 189 Å². The Morgan fingerprint density at radius 3 is 1.30 bits per heavy atom. The fourth-order valence-corrected chi connectivity index (χ4v) is 16.4. The average Bonchev–Trinajstić information content (AvgIpc) is 1.56. The number of fused-ring (bicyclic) bond motifs is 10. The summed E-state index contributed by atoms with van der Waals surface area (Å²) in [5.74, 6) is 0.979. The minimum Gasteiger partial charge on any atom is -0.512 e. The standard InChI is InChI=1S/C32H26N.C17H11N2O.C17H12N.C16H9N2O.3C12H10N.C11H20O2.4Ir/c1-20-14-21(2)16-23(15-20)30-18-25(22-10-6-5-7-11-22)27-17-26-24-12-8-9-13-28(24)32(3,4)29(26)19-31(27)33-30;1-11-8-9-13-12-5-4-6-14(15-7-2-3-10-18-15)16(12)20-17(13)19-11;1-3-7-14(8-4-1)16-11-12-17(18-13-16)15-9-5-2-6-10-15;1-2-9-17-14(8-1)13-6-3-5-11-12-7-4-10-18-16(12)19-15(11)13;3*1-10-7-8-12(13-9-10)11-5-3-2-4-6-11;1-8(2)5-10(12)7-11(13)6-9(3)4;;;;/h5-15,17-19H,1-4H3;2-5,7-10H,1H3;1-9,11-13H;1-5,7-10H;3*2-5,7-9H,1H3;7-9,12H,5-6H2,1-4H3;;;;/q7*-1;;;;;/i;1D3;;;3*1D3;;;;;. The summed E-state index contributed by atoms with van der Waals surface area (Å²) >= 11 is 0. The number of aliphatic hydroxyl groups is 1. The molecule has 23 rings (SSSR count). The summed E-state index contributed by atoms with van der Waals surface area (Å²) in [6, 6.07) is 134. The normalized spacial score (nSPS) is 12.7. The number of nitrogens with zero attached hydrogens (tertiary/aromatic N) is 9. The van der Waals surface area contributed by atoms with Crippen LogP contribution in [0.4, 0.5) is 0 Å². The van der Waals surface area contributed by atoms with E-state index in [1.54, 1.807) is 85.3 Å². The zero-order valence-electron chi connectivity index (χ0n) is 93.1. The second-order valence-corrected chi connectivity index (χ2v) is 35.0. The number of pyridine rings is 9. The number of aryl methyl sites for hydroxylation is 6. The van der Waals surface area contributed by atoms with Crippen LogP contribution < -0.4 is 0 Å². The second kappa shape index (κ2) is 53.3. The molecule has 1 aliphatic rings. The average molecular weight is 2630 g/mol. The molecule has 0 saturated carbocycles. The molecule has 0 unspecified atom stereocenters. The maximum absolute atomic E-state index is 11.2. The number of hydrogen-bond acceptors (Lipinski definition) is 13. The first kappa shape index (κ1) is 93.8. The van der Waals surface area contributed by atoms with Crippen LogP contribution in [-0.4, -0.2) is 55.7 Å². The molecule has 1 aliphatic carbocycles. The van der Waals surface area contributed by atoms with Crippen molar-refractivity contribution in [3.8, 4) is 112 Å². The maximum Gasteiger partial charge on any atom is 0.216 e. The van der Waals surface area contributed by atoms with Crippen molar-refractivity contribution in [1.29, 1.82) is 0 Å². The first-order valence-corrected chi connectivity index (χ1v) is 46.6. The van der Waals surface area contributed by atoms with Gasteiger partial charge in [0.25, 0.3) is 0 Å². The molecule has 0 saturated heterocycles. The first-order valence-electron chi connectivity index (χ1n) is 52.6. The van der Waals surface area contributed by atoms with Crippen LogP contribution in [0.5, 0.6) is 0 Å². The third-order valence-corrected chi connectivity index (χ3v) is 23.0. The van der Waals surface area contributed by atoms with Crippen molar-refractivity contribution in [1.82, 2.24) is 44.9 Å². The van der Waals surface area contributed by atoms with Gasteiger partial charge in [-0.1, -0.05) is 241 Å². The Hall–Kier alpha value is -14.6. The van der Waals surface area contributed by atoms with E-state index in [1.807, 2.05) is 204 Å². The maximum atomic E-state index is 11.2. The van der Waals surface area contributed by atoms with Crippen LogP contribution in [0.2, 0.25) is 0 Å². The third kappa shape index (κ3) is 28.8. The van der Waals surface area contributed by atoms with E-state index in [4.69, 9.17) is 30.3 Å². The number of aromatic nitrogens is 9. The van der Waals surface area contributed by atoms with Gasteiger partial charge in [0.2, 0.25) is 11.4 Å². The molecule has 11 aromatic carbocycles. The van der Waals surface area contributed by atoms with Crippen LogP contribution in [0.1, 0.15) is 115 Å². The van der Waals surface area contributed by atoms with Crippen molar-refractivity contribution in [3.63, 3.8) is 0 Å². The molecular weight excluding hydrogens is 2510 g/mol. The Labute approximate surface area is 927 Å². The number of rotatable bonds is 14. The molecule has 146 heavy (non-hydrogen) atoms. The van der Waals surface area contributed by atoms with Crippen LogP contribution in [0.15, 0.2) is 410 Å². The SMILES string of the molecule is CC(C)CC(=O)C=C(O)CC(C)C.Cc1[c-]c(-c2cc(-c3ccccc3)c3cc4c(cc3n2)C(C)(C)c2ccccc2-4)cc(C)c1.[2H]C([2H])([2H])c1ccc(-c2[c-]cccc2)nc1.[2H]C([2H])([2H])c1ccc(-c2[c-]cccc2)nc1.[2H]C([2H])([2H])c1ccc(-c2[c-]cccc2)nc1.[2H]C([2H])([2H])c1ccc2c(n1)oc1c(-c3ccccn3)[c-]ccc12.[Ir].[Ir].[Ir].[Ir].[c-]1ccc2c(oc3ncccc32)c1-c1ccccn1.[c-]1ccccc1-c1ccc(-c2ccccc2)cn1. The second-order valence-electron chi connectivity index (χ2n) is 35.0. The fraction of sp³-hybridized carbons (Fsp3) is 0.132. The molecule has 1 N–H and O–H groups in total. The number of furan rings is 2. The van der Waals surface area contributed by atoms with Gasteiger partial charge in [0.05, 0.1) is 22.4 Å². The van der Waals surface area contributed by atoms with Crippen LogP contribution in [0.25, 0.3) is 167 Å². The molecule has 0 spiro atoms. The van der Waals surface area contributed by atoms with Crippen molar-refractivity contribution in [2.75, 3.05) is 0 Å². The first-order chi connectivity index (χ1) is 73.9. The number of benzene rings is 11. The zero-order chi connectivity index (χ0) is 109. The summed E-state index contributed by atoms with van der Waals surface area (Å²) in [4.78, 5) is 50.4. The molecule has 13 nitrogen and oxygen atoms in total. The Kier molecular flexibility index (Phi) is 34.2. The van der Waals surface area contributed by atoms with Gasteiger partial charge in [0.1, 0.15) is 0 Å². The van der Waals surface area contributed by atoms with Crippen molar-refractivity contribution in [2.24, 2.45) is 11.8 Å². The van der Waals surface area contributed by atoms with E-state index in [9.17, 15) is 9.90 Å². The van der Waals surface area contributed by atoms with E-state index in [2.05, 4.69) is 213 Å². The predicted molar refractivity (Wildman–Crippen MR) is 579 cm³/mol. The van der Waals surface area contributed by atoms with Crippen LogP contribution in [-0.2, 0) is 90.6 Å². The minimum absolute atomic E-state index is 0. The van der Waals surface area contributed by atoms with E-state index in [-0.39, 0.29) is 120 Å². The number of hydrogen-bond donors (Lipinski definition) is 1. The summed E-state index contributed by atoms with van der Waals surface area (Å²) in [5.41, 5.74) is 28.6. The molecule has 0 bridgehead atoms. The Balaban J connectivity index is 0.000000161. The molecule has 736 valence electrons. The Bertz CT molecular complexity index is 8190. The molecule has 11 heterocycles. The van der Waals surface area contributed by atoms with E-state index >= 15 is 0 Å². The topological polar surface area (TPSA) is 180 Å². The molecule has 0 aliphatic heterocycles. The monoisotopic (exact) mass is 2630 g/mol. The fourth-order valence-electron chi connectivity index (χ4n) is 16.4. The Morgan fingerprint density at radius 2 is 0.836 bits per heavy atom. The van der Waals surface area contributed by atoms with Gasteiger partial charge in [-0.2, -0.15) is 0 Å². The molecule has 0 atom stereocenters. The number of carbonyl (C=O) groups is 1. The predicted octanol–water partition coefficient (Wildman–Crippen LogP) is 32.2. The number of aliphatic hydroxyl groups excluding tert-OH is 1. The molecule has 11 aromatic heterocycles. The van der Waals surface area contributed by atoms with E-state index < -0.39 is 27.4 Å². The van der Waals surface area contributed by atoms with Gasteiger partial charge in [-0.25, -0.2) is 9.97 Å². The molecule has 22 aromatic rings. The molecule has 17 heteroatoms. The van der Waals surface area contributed by atoms with Crippen molar-refractivity contribution < 1.29 is 116 Å². The largest absolute Gasteiger partial charge is 0.512 e. The third-order valence-electron chi connectivity index (χ3n) is 23.0. The quantitative estimate of drug-likeness (QED) is 0.0618. The zero-order valence-corrected chi connectivity index (χ0v) is 90.7. The molecule has 4 radical (unpaired) electrons. The molecule has 0 amide bonds. The summed E-state index contributed by atoms with van der Waals surface area (Å²) in [6.07, 6.45) is 13.8. The Morgan fingerprint density at radius 1 is 0.356 bits per heavy atom. The molecular formula is C129H108Ir4N9O4-7. The van der Waals surface area contributed by atoms with Crippen molar-refractivity contribution >= 4 is 60.8 Å². The van der Waals surface area contributed by atoms with Gasteiger partial charge >= 0.3 is 0 Å². The van der Waals surface area contributed by atoms with Crippen LogP contribution in [0.3, 0.4) is 0 Å². The molecule has 0 fully saturated rings. The minimum atomic E-state index is -2.26. The van der Waals surface area contributed by atoms with Gasteiger partial charge in [0.15, 0.2) is 5.78 Å². The van der Waals surface area contributed by atoms with E-state index in [1.165, 1.54) is 80.6 Å². The van der Waals surface area contributed by atoms with E-state index in [0.29, 0.717) is 41.7 Å². The van der Waals surface area contributed by atoms with Gasteiger partial charge < -0.3 is 43.8 Å². The van der Waals surface area contributed by atoms with Gasteiger partial charge in [-0.15, -0.1) is 215 Å². The summed E-state index contributed by atoms with van der Waals surface area (Å²) in [5, 5.41) is 14.2. The summed E-state index contributed by atoms with van der Waals surface area (Å²) < 4.78 is 99.2. The smallest absolute Gasteiger partial charge is 0.216 e. The van der Waals surface area contributed by atoms with E-state index in [0.717, 1.165) is 123 Å². The number of ketones is 1. The van der Waals surface area contributed by atoms with Crippen molar-refractivity contribution in [3.05, 3.63) is 488 Å². The van der Waals surface area contributed by atoms with Gasteiger partial charge in [0, 0.05) is 186 Å². The number of carbonyl (C=O) groups excluding carboxylic acids is 1. The summed E-state index contributed by atoms with van der Waals surface area (Å²) in [6.45, 7) is 8.35. The van der Waals surface area contributed by atoms with Gasteiger partial charge in [-0.3, -0.25) is 9.78 Å².